The molecule has 0 atom stereocenters. The van der Waals surface area contributed by atoms with Gasteiger partial charge in [0.25, 0.3) is 0 Å². The lowest BCUT2D eigenvalue weighted by molar-refractivity contribution is -0.112. The number of anilines is 1. The maximum Gasteiger partial charge on any atom is 0.155 e. The molecule has 1 aliphatic heterocycles. The van der Waals surface area contributed by atoms with Crippen LogP contribution in [0.15, 0.2) is 34.2 Å². The zero-order valence-corrected chi connectivity index (χ0v) is 11.2. The van der Waals surface area contributed by atoms with E-state index in [1.807, 2.05) is 23.1 Å². The van der Waals surface area contributed by atoms with E-state index >= 15 is 0 Å². The fraction of sp³-hybridized carbons (Fsp3) is 0.308. The number of benzene rings is 1. The van der Waals surface area contributed by atoms with Crippen LogP contribution in [0.3, 0.4) is 0 Å². The first-order valence-corrected chi connectivity index (χ1v) is 6.44. The molecule has 0 bridgehead atoms. The van der Waals surface area contributed by atoms with Gasteiger partial charge < -0.3 is 14.7 Å². The van der Waals surface area contributed by atoms with Crippen molar-refractivity contribution in [3.05, 3.63) is 29.3 Å². The molecule has 5 heteroatoms. The predicted molar refractivity (Wildman–Crippen MR) is 72.0 cm³/mol. The number of aliphatic hydroxyl groups excluding tert-OH is 1. The Bertz CT molecular complexity index is 499. The Morgan fingerprint density at radius 3 is 2.94 bits per heavy atom. The number of rotatable bonds is 4. The maximum absolute atomic E-state index is 11.2. The van der Waals surface area contributed by atoms with Gasteiger partial charge in [0.2, 0.25) is 0 Å². The van der Waals surface area contributed by atoms with Gasteiger partial charge in [-0.2, -0.15) is 0 Å². The Morgan fingerprint density at radius 1 is 1.56 bits per heavy atom. The van der Waals surface area contributed by atoms with Gasteiger partial charge in [0, 0.05) is 23.6 Å². The Morgan fingerprint density at radius 2 is 2.33 bits per heavy atom. The van der Waals surface area contributed by atoms with Crippen molar-refractivity contribution < 1.29 is 14.6 Å². The highest BCUT2D eigenvalue weighted by Gasteiger charge is 2.25. The number of aliphatic hydroxyl groups is 1. The number of carbonyl (C=O) groups is 1. The third-order valence-corrected chi connectivity index (χ3v) is 3.70. The molecule has 1 aromatic rings. The van der Waals surface area contributed by atoms with Crippen LogP contribution in [0.1, 0.15) is 6.92 Å². The summed E-state index contributed by atoms with van der Waals surface area (Å²) < 4.78 is 5.20. The molecule has 0 amide bonds. The van der Waals surface area contributed by atoms with Crippen LogP contribution in [-0.4, -0.2) is 31.2 Å². The van der Waals surface area contributed by atoms with Crippen molar-refractivity contribution in [3.8, 4) is 5.75 Å². The van der Waals surface area contributed by atoms with Crippen molar-refractivity contribution in [2.24, 2.45) is 0 Å². The monoisotopic (exact) mass is 265 g/mol. The number of carbonyl (C=O) groups excluding carboxylic acids is 1. The first-order chi connectivity index (χ1) is 8.65. The molecular weight excluding hydrogens is 250 g/mol. The number of thioether (sulfide) groups is 1. The van der Waals surface area contributed by atoms with Crippen LogP contribution >= 0.6 is 11.8 Å². The summed E-state index contributed by atoms with van der Waals surface area (Å²) in [6, 6.07) is 5.77. The van der Waals surface area contributed by atoms with E-state index in [1.165, 1.54) is 18.7 Å². The summed E-state index contributed by atoms with van der Waals surface area (Å²) in [5, 5.41) is 9.98. The van der Waals surface area contributed by atoms with Gasteiger partial charge in [-0.25, -0.2) is 0 Å². The zero-order chi connectivity index (χ0) is 13.1. The van der Waals surface area contributed by atoms with E-state index in [0.29, 0.717) is 6.54 Å². The lowest BCUT2D eigenvalue weighted by Crippen LogP contribution is -2.22. The Hall–Kier alpha value is -1.46. The van der Waals surface area contributed by atoms with Crippen molar-refractivity contribution in [2.45, 2.75) is 11.8 Å². The lowest BCUT2D eigenvalue weighted by atomic mass is 10.2. The first-order valence-electron chi connectivity index (χ1n) is 5.62. The standard InChI is InChI=1S/C13H15NO3S/c1-9(16)7-13-14(5-6-15)11-8-10(17-2)3-4-12(11)18-13/h3-4,7-8,15H,5-6H2,1-2H3/b13-7-. The van der Waals surface area contributed by atoms with Crippen LogP contribution in [0.2, 0.25) is 0 Å². The summed E-state index contributed by atoms with van der Waals surface area (Å²) >= 11 is 1.53. The molecule has 0 radical (unpaired) electrons. The van der Waals surface area contributed by atoms with E-state index in [9.17, 15) is 4.79 Å². The minimum Gasteiger partial charge on any atom is -0.497 e. The number of fused-ring (bicyclic) bond motifs is 1. The van der Waals surface area contributed by atoms with Crippen LogP contribution < -0.4 is 9.64 Å². The smallest absolute Gasteiger partial charge is 0.155 e. The molecule has 4 nitrogen and oxygen atoms in total. The summed E-state index contributed by atoms with van der Waals surface area (Å²) in [6.07, 6.45) is 1.59. The summed E-state index contributed by atoms with van der Waals surface area (Å²) in [4.78, 5) is 14.2. The number of hydrogen-bond acceptors (Lipinski definition) is 5. The van der Waals surface area contributed by atoms with Gasteiger partial charge >= 0.3 is 0 Å². The van der Waals surface area contributed by atoms with Gasteiger partial charge in [-0.1, -0.05) is 11.8 Å². The molecule has 1 aromatic carbocycles. The van der Waals surface area contributed by atoms with E-state index in [2.05, 4.69) is 0 Å². The second kappa shape index (κ2) is 5.46. The highest BCUT2D eigenvalue weighted by molar-refractivity contribution is 8.03. The number of nitrogens with zero attached hydrogens (tertiary/aromatic N) is 1. The van der Waals surface area contributed by atoms with Gasteiger partial charge in [0.15, 0.2) is 5.78 Å². The van der Waals surface area contributed by atoms with Gasteiger partial charge in [-0.15, -0.1) is 0 Å². The largest absolute Gasteiger partial charge is 0.497 e. The van der Waals surface area contributed by atoms with Gasteiger partial charge in [-0.3, -0.25) is 4.79 Å². The SMILES string of the molecule is COc1ccc2c(c1)N(CCO)/C(=C/C(C)=O)S2. The molecule has 0 fully saturated rings. The molecule has 0 spiro atoms. The molecule has 2 rings (SSSR count). The average Bonchev–Trinajstić information content (AvgIpc) is 2.66. The summed E-state index contributed by atoms with van der Waals surface area (Å²) in [5.41, 5.74) is 0.973. The summed E-state index contributed by atoms with van der Waals surface area (Å²) in [6.45, 7) is 2.02. The van der Waals surface area contributed by atoms with Crippen LogP contribution in [-0.2, 0) is 4.79 Å². The minimum absolute atomic E-state index is 0.000195. The first kappa shape index (κ1) is 13.0. The number of β-amino-alcohol motifs (C(OH)–C–C–N with tert-alkyl or cyclic N) is 1. The fourth-order valence-electron chi connectivity index (χ4n) is 1.82. The Balaban J connectivity index is 2.40. The van der Waals surface area contributed by atoms with E-state index in [1.54, 1.807) is 13.2 Å². The van der Waals surface area contributed by atoms with Crippen molar-refractivity contribution in [2.75, 3.05) is 25.2 Å². The molecule has 96 valence electrons. The molecule has 0 aliphatic carbocycles. The van der Waals surface area contributed by atoms with Crippen LogP contribution in [0.5, 0.6) is 5.75 Å². The molecule has 1 N–H and O–H groups in total. The van der Waals surface area contributed by atoms with E-state index in [0.717, 1.165) is 21.4 Å². The van der Waals surface area contributed by atoms with Crippen molar-refractivity contribution in [1.29, 1.82) is 0 Å². The van der Waals surface area contributed by atoms with Gasteiger partial charge in [-0.05, 0) is 19.1 Å². The lowest BCUT2D eigenvalue weighted by Gasteiger charge is -2.19. The molecule has 0 aromatic heterocycles. The fourth-order valence-corrected chi connectivity index (χ4v) is 2.98. The number of hydrogen-bond donors (Lipinski definition) is 1. The van der Waals surface area contributed by atoms with Crippen molar-refractivity contribution in [3.63, 3.8) is 0 Å². The maximum atomic E-state index is 11.2. The summed E-state index contributed by atoms with van der Waals surface area (Å²) in [7, 11) is 1.62. The molecule has 0 saturated heterocycles. The van der Waals surface area contributed by atoms with Gasteiger partial charge in [0.05, 0.1) is 24.4 Å². The Labute approximate surface area is 110 Å². The number of ketones is 1. The zero-order valence-electron chi connectivity index (χ0n) is 10.3. The van der Waals surface area contributed by atoms with Gasteiger partial charge in [0.1, 0.15) is 5.75 Å². The predicted octanol–water partition coefficient (Wildman–Crippen LogP) is 2.03. The van der Waals surface area contributed by atoms with Crippen molar-refractivity contribution in [1.82, 2.24) is 0 Å². The number of allylic oxidation sites excluding steroid dienone is 1. The molecule has 18 heavy (non-hydrogen) atoms. The Kier molecular flexibility index (Phi) is 3.93. The van der Waals surface area contributed by atoms with E-state index in [4.69, 9.17) is 9.84 Å². The van der Waals surface area contributed by atoms with E-state index < -0.39 is 0 Å². The average molecular weight is 265 g/mol. The topological polar surface area (TPSA) is 49.8 Å². The summed E-state index contributed by atoms with van der Waals surface area (Å²) in [5.74, 6) is 0.765. The third kappa shape index (κ3) is 2.52. The molecule has 0 saturated carbocycles. The van der Waals surface area contributed by atoms with Crippen LogP contribution in [0.25, 0.3) is 0 Å². The normalized spacial score (nSPS) is 15.9. The molecular formula is C13H15NO3S. The number of ether oxygens (including phenoxy) is 1. The quantitative estimate of drug-likeness (QED) is 0.844. The van der Waals surface area contributed by atoms with Crippen LogP contribution in [0, 0.1) is 0 Å². The minimum atomic E-state index is 0.000195. The molecule has 1 aliphatic rings. The highest BCUT2D eigenvalue weighted by atomic mass is 32.2. The highest BCUT2D eigenvalue weighted by Crippen LogP contribution is 2.47. The molecule has 0 unspecified atom stereocenters. The van der Waals surface area contributed by atoms with E-state index in [-0.39, 0.29) is 12.4 Å². The van der Waals surface area contributed by atoms with Crippen LogP contribution in [0.4, 0.5) is 5.69 Å². The second-order valence-electron chi connectivity index (χ2n) is 3.90. The molecule has 1 heterocycles. The second-order valence-corrected chi connectivity index (χ2v) is 4.97. The number of methoxy groups -OCH3 is 1. The third-order valence-electron chi connectivity index (χ3n) is 2.59. The van der Waals surface area contributed by atoms with Crippen molar-refractivity contribution >= 4 is 23.2 Å².